The fourth-order valence-corrected chi connectivity index (χ4v) is 0.750. The molecule has 0 rings (SSSR count). The SMILES string of the molecule is C#CC(I)[Si](C)(C)C. The molecule has 0 heterocycles. The first-order valence-corrected chi connectivity index (χ1v) is 7.41. The molecule has 0 aliphatic heterocycles. The van der Waals surface area contributed by atoms with E-state index in [1.807, 2.05) is 0 Å². The van der Waals surface area contributed by atoms with Gasteiger partial charge < -0.3 is 0 Å². The van der Waals surface area contributed by atoms with E-state index >= 15 is 0 Å². The minimum Gasteiger partial charge on any atom is -0.119 e. The number of alkyl halides is 1. The summed E-state index contributed by atoms with van der Waals surface area (Å²) in [5.74, 6) is 2.75. The standard InChI is InChI=1S/C6H11ISi/c1-5-6(7)8(2,3)4/h1,6H,2-4H3. The molecule has 0 aromatic rings. The van der Waals surface area contributed by atoms with Gasteiger partial charge in [-0.1, -0.05) is 48.2 Å². The van der Waals surface area contributed by atoms with E-state index in [9.17, 15) is 0 Å². The van der Waals surface area contributed by atoms with Crippen LogP contribution in [-0.4, -0.2) is 11.6 Å². The third-order valence-corrected chi connectivity index (χ3v) is 8.56. The van der Waals surface area contributed by atoms with Crippen LogP contribution in [0.25, 0.3) is 0 Å². The monoisotopic (exact) mass is 238 g/mol. The van der Waals surface area contributed by atoms with Gasteiger partial charge >= 0.3 is 0 Å². The number of terminal acetylenes is 1. The zero-order valence-corrected chi connectivity index (χ0v) is 8.69. The van der Waals surface area contributed by atoms with Crippen molar-refractivity contribution in [1.82, 2.24) is 0 Å². The molecule has 0 nitrogen and oxygen atoms in total. The highest BCUT2D eigenvalue weighted by atomic mass is 127. The highest BCUT2D eigenvalue weighted by Gasteiger charge is 2.21. The minimum atomic E-state index is -1.01. The smallest absolute Gasteiger partial charge is 0.0736 e. The predicted molar refractivity (Wildman–Crippen MR) is 50.0 cm³/mol. The van der Waals surface area contributed by atoms with Crippen LogP contribution < -0.4 is 0 Å². The van der Waals surface area contributed by atoms with Crippen LogP contribution in [0.4, 0.5) is 0 Å². The molecule has 0 spiro atoms. The molecule has 46 valence electrons. The van der Waals surface area contributed by atoms with Crippen molar-refractivity contribution in [3.05, 3.63) is 0 Å². The Bertz CT molecular complexity index is 107. The maximum absolute atomic E-state index is 5.24. The molecular formula is C6H11ISi. The molecule has 0 saturated carbocycles. The van der Waals surface area contributed by atoms with Gasteiger partial charge in [-0.25, -0.2) is 0 Å². The Kier molecular flexibility index (Phi) is 3.06. The van der Waals surface area contributed by atoms with E-state index in [0.29, 0.717) is 3.55 Å². The molecule has 1 atom stereocenters. The van der Waals surface area contributed by atoms with Crippen molar-refractivity contribution < 1.29 is 0 Å². The van der Waals surface area contributed by atoms with Gasteiger partial charge in [0.25, 0.3) is 0 Å². The lowest BCUT2D eigenvalue weighted by Crippen LogP contribution is -2.31. The molecule has 0 aliphatic carbocycles. The van der Waals surface area contributed by atoms with Gasteiger partial charge in [0.1, 0.15) is 0 Å². The lowest BCUT2D eigenvalue weighted by Gasteiger charge is -2.17. The van der Waals surface area contributed by atoms with Crippen LogP contribution in [-0.2, 0) is 0 Å². The van der Waals surface area contributed by atoms with Gasteiger partial charge in [0.05, 0.1) is 11.6 Å². The van der Waals surface area contributed by atoms with Crippen LogP contribution in [0.5, 0.6) is 0 Å². The number of hydrogen-bond acceptors (Lipinski definition) is 0. The number of rotatable bonds is 1. The molecule has 0 bridgehead atoms. The Hall–Kier alpha value is 0.507. The molecule has 0 saturated heterocycles. The lowest BCUT2D eigenvalue weighted by molar-refractivity contribution is 1.56. The van der Waals surface area contributed by atoms with Gasteiger partial charge in [0, 0.05) is 0 Å². The Morgan fingerprint density at radius 2 is 1.88 bits per heavy atom. The third-order valence-electron chi connectivity index (χ3n) is 0.907. The summed E-state index contributed by atoms with van der Waals surface area (Å²) in [7, 11) is -1.01. The van der Waals surface area contributed by atoms with Gasteiger partial charge in [-0.05, 0) is 0 Å². The fourth-order valence-electron chi connectivity index (χ4n) is 0.250. The molecule has 0 aromatic heterocycles. The number of halogens is 1. The summed E-state index contributed by atoms with van der Waals surface area (Å²) in [5.41, 5.74) is 0. The first-order valence-electron chi connectivity index (χ1n) is 2.58. The third kappa shape index (κ3) is 2.73. The largest absolute Gasteiger partial charge is 0.119 e. The van der Waals surface area contributed by atoms with E-state index in [4.69, 9.17) is 6.42 Å². The molecule has 0 N–H and O–H groups in total. The first-order chi connectivity index (χ1) is 3.48. The van der Waals surface area contributed by atoms with Crippen LogP contribution in [0.3, 0.4) is 0 Å². The molecule has 0 fully saturated rings. The van der Waals surface area contributed by atoms with Crippen LogP contribution in [0.1, 0.15) is 0 Å². The van der Waals surface area contributed by atoms with Gasteiger partial charge in [0.2, 0.25) is 0 Å². The van der Waals surface area contributed by atoms with Crippen molar-refractivity contribution >= 4 is 30.7 Å². The fraction of sp³-hybridized carbons (Fsp3) is 0.667. The summed E-state index contributed by atoms with van der Waals surface area (Å²) in [6, 6.07) is 0. The topological polar surface area (TPSA) is 0 Å². The molecule has 0 aliphatic rings. The average molecular weight is 238 g/mol. The maximum Gasteiger partial charge on any atom is 0.0736 e. The van der Waals surface area contributed by atoms with Gasteiger partial charge in [-0.3, -0.25) is 0 Å². The highest BCUT2D eigenvalue weighted by Crippen LogP contribution is 2.14. The highest BCUT2D eigenvalue weighted by molar-refractivity contribution is 14.1. The predicted octanol–water partition coefficient (Wildman–Crippen LogP) is 2.30. The van der Waals surface area contributed by atoms with Crippen molar-refractivity contribution in [3.8, 4) is 12.3 Å². The molecule has 0 radical (unpaired) electrons. The van der Waals surface area contributed by atoms with E-state index in [1.165, 1.54) is 0 Å². The van der Waals surface area contributed by atoms with Gasteiger partial charge in [-0.15, -0.1) is 6.42 Å². The quantitative estimate of drug-likeness (QED) is 0.284. The molecule has 2 heteroatoms. The second kappa shape index (κ2) is 2.88. The van der Waals surface area contributed by atoms with Crippen molar-refractivity contribution in [2.24, 2.45) is 0 Å². The molecule has 8 heavy (non-hydrogen) atoms. The Balaban J connectivity index is 3.87. The summed E-state index contributed by atoms with van der Waals surface area (Å²) < 4.78 is 0.486. The Labute approximate surface area is 66.2 Å². The summed E-state index contributed by atoms with van der Waals surface area (Å²) >= 11 is 2.34. The van der Waals surface area contributed by atoms with E-state index in [2.05, 4.69) is 48.2 Å². The zero-order chi connectivity index (χ0) is 6.78. The first kappa shape index (κ1) is 8.51. The Morgan fingerprint density at radius 1 is 1.50 bits per heavy atom. The second-order valence-corrected chi connectivity index (χ2v) is 10.6. The molecule has 1 unspecified atom stereocenters. The molecular weight excluding hydrogens is 227 g/mol. The molecule has 0 aromatic carbocycles. The van der Waals surface area contributed by atoms with Gasteiger partial charge in [0.15, 0.2) is 0 Å². The Morgan fingerprint density at radius 3 is 1.88 bits per heavy atom. The minimum absolute atomic E-state index is 0.486. The average Bonchev–Trinajstić information content (AvgIpc) is 1.62. The summed E-state index contributed by atoms with van der Waals surface area (Å²) in [6.07, 6.45) is 5.24. The number of hydrogen-bond donors (Lipinski definition) is 0. The van der Waals surface area contributed by atoms with Crippen LogP contribution in [0.15, 0.2) is 0 Å². The summed E-state index contributed by atoms with van der Waals surface area (Å²) in [4.78, 5) is 0. The zero-order valence-electron chi connectivity index (χ0n) is 5.53. The van der Waals surface area contributed by atoms with E-state index in [0.717, 1.165) is 0 Å². The van der Waals surface area contributed by atoms with Crippen molar-refractivity contribution in [1.29, 1.82) is 0 Å². The lowest BCUT2D eigenvalue weighted by atomic mass is 10.8. The maximum atomic E-state index is 5.24. The van der Waals surface area contributed by atoms with Crippen LogP contribution in [0.2, 0.25) is 19.6 Å². The van der Waals surface area contributed by atoms with Crippen molar-refractivity contribution in [2.75, 3.05) is 0 Å². The molecule has 0 amide bonds. The van der Waals surface area contributed by atoms with Crippen molar-refractivity contribution in [3.63, 3.8) is 0 Å². The van der Waals surface area contributed by atoms with E-state index in [-0.39, 0.29) is 0 Å². The normalized spacial score (nSPS) is 14.9. The van der Waals surface area contributed by atoms with E-state index in [1.54, 1.807) is 0 Å². The van der Waals surface area contributed by atoms with Crippen LogP contribution in [0, 0.1) is 12.3 Å². The van der Waals surface area contributed by atoms with Crippen LogP contribution >= 0.6 is 22.6 Å². The summed E-state index contributed by atoms with van der Waals surface area (Å²) in [6.45, 7) is 6.85. The summed E-state index contributed by atoms with van der Waals surface area (Å²) in [5, 5.41) is 0. The van der Waals surface area contributed by atoms with Crippen molar-refractivity contribution in [2.45, 2.75) is 23.2 Å². The second-order valence-electron chi connectivity index (χ2n) is 2.90. The van der Waals surface area contributed by atoms with Gasteiger partial charge in [-0.2, -0.15) is 0 Å². The van der Waals surface area contributed by atoms with E-state index < -0.39 is 8.07 Å².